The van der Waals surface area contributed by atoms with Gasteiger partial charge in [-0.05, 0) is 86.7 Å². The van der Waals surface area contributed by atoms with Crippen LogP contribution >= 0.6 is 0 Å². The van der Waals surface area contributed by atoms with E-state index in [0.717, 1.165) is 35.2 Å². The fourth-order valence-electron chi connectivity index (χ4n) is 7.55. The number of imide groups is 1. The Morgan fingerprint density at radius 3 is 2.37 bits per heavy atom. The number of benzene rings is 2. The van der Waals surface area contributed by atoms with E-state index in [2.05, 4.69) is 16.0 Å². The molecule has 5 atom stereocenters. The van der Waals surface area contributed by atoms with Crippen LogP contribution in [0.15, 0.2) is 42.5 Å². The Morgan fingerprint density at radius 1 is 0.947 bits per heavy atom. The molecule has 0 radical (unpaired) electrons. The number of hydrogen-bond acceptors (Lipinski definition) is 11. The number of hydrogen-bond donors (Lipinski definition) is 7. The van der Waals surface area contributed by atoms with Crippen LogP contribution in [-0.4, -0.2) is 115 Å². The van der Waals surface area contributed by atoms with Crippen LogP contribution in [-0.2, 0) is 41.6 Å². The van der Waals surface area contributed by atoms with Gasteiger partial charge in [0.25, 0.3) is 5.91 Å². The summed E-state index contributed by atoms with van der Waals surface area (Å²) in [6, 6.07) is 11.0. The van der Waals surface area contributed by atoms with Crippen LogP contribution in [0.1, 0.15) is 90.8 Å². The second-order valence-electron chi connectivity index (χ2n) is 15.1. The molecule has 0 saturated heterocycles. The zero-order valence-corrected chi connectivity index (χ0v) is 32.8. The van der Waals surface area contributed by atoms with Crippen molar-refractivity contribution in [3.05, 3.63) is 64.7 Å². The number of nitrogens with zero attached hydrogens (tertiary/aromatic N) is 2. The smallest absolute Gasteiger partial charge is 0.326 e. The molecular formula is C41H57N7O9. The fourth-order valence-corrected chi connectivity index (χ4v) is 7.55. The summed E-state index contributed by atoms with van der Waals surface area (Å²) in [5, 5.41) is 26.7. The van der Waals surface area contributed by atoms with Gasteiger partial charge in [0.15, 0.2) is 0 Å². The number of carboxylic acids is 2. The lowest BCUT2D eigenvalue weighted by atomic mass is 9.76. The van der Waals surface area contributed by atoms with Gasteiger partial charge in [-0.15, -0.1) is 0 Å². The molecule has 0 bridgehead atoms. The zero-order valence-electron chi connectivity index (χ0n) is 32.8. The largest absolute Gasteiger partial charge is 0.481 e. The van der Waals surface area contributed by atoms with Crippen LogP contribution in [0.4, 0.5) is 5.69 Å². The molecule has 4 rings (SSSR count). The van der Waals surface area contributed by atoms with Crippen LogP contribution in [0.3, 0.4) is 0 Å². The van der Waals surface area contributed by atoms with Crippen molar-refractivity contribution < 1.29 is 43.8 Å². The molecule has 4 amide bonds. The van der Waals surface area contributed by atoms with E-state index in [-0.39, 0.29) is 70.0 Å². The Balaban J connectivity index is 1.40. The molecule has 0 saturated carbocycles. The highest BCUT2D eigenvalue weighted by molar-refractivity contribution is 6.12. The third-order valence-corrected chi connectivity index (χ3v) is 10.6. The number of nitrogens with two attached hydrogens (primary N) is 2. The maximum absolute atomic E-state index is 13.9. The van der Waals surface area contributed by atoms with Gasteiger partial charge in [0, 0.05) is 76.2 Å². The van der Waals surface area contributed by atoms with Crippen molar-refractivity contribution in [3.8, 4) is 0 Å². The molecule has 16 heteroatoms. The Bertz CT molecular complexity index is 1770. The van der Waals surface area contributed by atoms with Gasteiger partial charge in [-0.25, -0.2) is 4.79 Å². The molecule has 1 heterocycles. The number of nitrogens with one attached hydrogen (secondary N) is 3. The molecule has 2 aromatic rings. The van der Waals surface area contributed by atoms with E-state index in [4.69, 9.17) is 16.6 Å². The first-order chi connectivity index (χ1) is 27.2. The average molecular weight is 792 g/mol. The van der Waals surface area contributed by atoms with Crippen LogP contribution in [0.25, 0.3) is 0 Å². The van der Waals surface area contributed by atoms with Crippen molar-refractivity contribution >= 4 is 47.0 Å². The zero-order chi connectivity index (χ0) is 41.6. The van der Waals surface area contributed by atoms with E-state index >= 15 is 0 Å². The minimum absolute atomic E-state index is 0.0343. The van der Waals surface area contributed by atoms with Crippen molar-refractivity contribution in [2.75, 3.05) is 45.2 Å². The molecule has 2 aromatic carbocycles. The number of amides is 4. The molecule has 310 valence electrons. The standard InChI is InChI=1S/C41H57N7O9/c1-47(2)33-15-14-30-37-28(33)10-6-11-29(37)39(54)48(40(30)55)21-18-26(38(53)45-20-17-32(41(56)57)46-35(50)12-7-13-36(51)52)23-34(49)31(43)16-19-44-24-27(42)22-25-8-4-3-5-9-25/h3-5,8-9,14-15,26-27,29,31-32,44H,6-7,10-13,16-24,42-43H2,1-2H3,(H,45,53)(H,46,50)(H,51,52)(H,56,57)/t26-,27-,29?,31-,32+/m0/s1. The molecule has 1 aliphatic carbocycles. The number of anilines is 1. The summed E-state index contributed by atoms with van der Waals surface area (Å²) >= 11 is 0. The summed E-state index contributed by atoms with van der Waals surface area (Å²) in [7, 11) is 3.84. The first kappa shape index (κ1) is 44.5. The predicted octanol–water partition coefficient (Wildman–Crippen LogP) is 1.33. The quantitative estimate of drug-likeness (QED) is 0.0586. The highest BCUT2D eigenvalue weighted by atomic mass is 16.4. The van der Waals surface area contributed by atoms with Gasteiger partial charge >= 0.3 is 11.9 Å². The molecule has 57 heavy (non-hydrogen) atoms. The van der Waals surface area contributed by atoms with Crippen LogP contribution in [0.5, 0.6) is 0 Å². The van der Waals surface area contributed by atoms with E-state index in [1.54, 1.807) is 6.07 Å². The van der Waals surface area contributed by atoms with Gasteiger partial charge < -0.3 is 42.5 Å². The lowest BCUT2D eigenvalue weighted by Crippen LogP contribution is -2.48. The van der Waals surface area contributed by atoms with Gasteiger partial charge in [-0.3, -0.25) is 33.7 Å². The third kappa shape index (κ3) is 12.7. The number of carboxylic acid groups (broad SMARTS) is 2. The Morgan fingerprint density at radius 2 is 1.68 bits per heavy atom. The molecule has 1 aliphatic heterocycles. The number of rotatable bonds is 24. The third-order valence-electron chi connectivity index (χ3n) is 10.6. The maximum atomic E-state index is 13.9. The van der Waals surface area contributed by atoms with Gasteiger partial charge in [0.05, 0.1) is 12.0 Å². The van der Waals surface area contributed by atoms with Gasteiger partial charge in [0.2, 0.25) is 17.7 Å². The molecule has 9 N–H and O–H groups in total. The van der Waals surface area contributed by atoms with Crippen molar-refractivity contribution in [2.45, 2.75) is 94.7 Å². The minimum Gasteiger partial charge on any atom is -0.481 e. The number of carbonyl (C=O) groups excluding carboxylic acids is 5. The van der Waals surface area contributed by atoms with E-state index < -0.39 is 59.4 Å². The molecule has 0 fully saturated rings. The number of ketones is 1. The van der Waals surface area contributed by atoms with Crippen molar-refractivity contribution in [3.63, 3.8) is 0 Å². The summed E-state index contributed by atoms with van der Waals surface area (Å²) in [6.07, 6.45) is 2.17. The Labute approximate surface area is 333 Å². The summed E-state index contributed by atoms with van der Waals surface area (Å²) in [4.78, 5) is 92.8. The minimum atomic E-state index is -1.36. The van der Waals surface area contributed by atoms with Crippen LogP contribution < -0.4 is 32.3 Å². The van der Waals surface area contributed by atoms with E-state index in [1.165, 1.54) is 4.90 Å². The second kappa shape index (κ2) is 21.4. The Kier molecular flexibility index (Phi) is 16.7. The normalized spacial score (nSPS) is 16.8. The summed E-state index contributed by atoms with van der Waals surface area (Å²) in [6.45, 7) is 0.605. The SMILES string of the molecule is CN(C)c1ccc2c3c1CCCC3C(=O)N(CC[C@@H](CC(=O)[C@@H](N)CCNC[C@@H](N)Cc1ccccc1)C(=O)NCC[C@@H](NC(=O)CCCC(=O)O)C(=O)O)C2=O. The molecular weight excluding hydrogens is 734 g/mol. The highest BCUT2D eigenvalue weighted by Gasteiger charge is 2.42. The summed E-state index contributed by atoms with van der Waals surface area (Å²) < 4.78 is 0. The first-order valence-corrected chi connectivity index (χ1v) is 19.7. The number of Topliss-reactive ketones (excluding diaryl/α,β-unsaturated/α-hetero) is 1. The maximum Gasteiger partial charge on any atom is 0.326 e. The molecule has 1 unspecified atom stereocenters. The van der Waals surface area contributed by atoms with Crippen molar-refractivity contribution in [1.29, 1.82) is 0 Å². The molecule has 0 spiro atoms. The van der Waals surface area contributed by atoms with Crippen LogP contribution in [0, 0.1) is 5.92 Å². The second-order valence-corrected chi connectivity index (χ2v) is 15.1. The summed E-state index contributed by atoms with van der Waals surface area (Å²) in [5.74, 6) is -6.34. The lowest BCUT2D eigenvalue weighted by molar-refractivity contribution is -0.142. The Hall–Kier alpha value is -5.19. The monoisotopic (exact) mass is 791 g/mol. The highest BCUT2D eigenvalue weighted by Crippen LogP contribution is 2.43. The van der Waals surface area contributed by atoms with Gasteiger partial charge in [-0.1, -0.05) is 30.3 Å². The number of aliphatic carboxylic acids is 2. The van der Waals surface area contributed by atoms with E-state index in [1.807, 2.05) is 55.4 Å². The molecule has 16 nitrogen and oxygen atoms in total. The van der Waals surface area contributed by atoms with E-state index in [0.29, 0.717) is 31.5 Å². The van der Waals surface area contributed by atoms with Gasteiger partial charge in [0.1, 0.15) is 11.8 Å². The predicted molar refractivity (Wildman–Crippen MR) is 212 cm³/mol. The molecule has 2 aliphatic rings. The van der Waals surface area contributed by atoms with Gasteiger partial charge in [-0.2, -0.15) is 0 Å². The van der Waals surface area contributed by atoms with E-state index in [9.17, 15) is 38.7 Å². The summed E-state index contributed by atoms with van der Waals surface area (Å²) in [5.41, 5.74) is 16.9. The van der Waals surface area contributed by atoms with Crippen LogP contribution in [0.2, 0.25) is 0 Å². The average Bonchev–Trinajstić information content (AvgIpc) is 3.17. The van der Waals surface area contributed by atoms with Crippen molar-refractivity contribution in [1.82, 2.24) is 20.9 Å². The lowest BCUT2D eigenvalue weighted by Gasteiger charge is -2.38. The first-order valence-electron chi connectivity index (χ1n) is 19.7. The number of carbonyl (C=O) groups is 7. The fraction of sp³-hybridized carbons (Fsp3) is 0.537. The topological polar surface area (TPSA) is 255 Å². The molecule has 0 aromatic heterocycles. The van der Waals surface area contributed by atoms with Crippen molar-refractivity contribution in [2.24, 2.45) is 17.4 Å².